The zero-order chi connectivity index (χ0) is 16.4. The van der Waals surface area contributed by atoms with Crippen LogP contribution >= 0.6 is 0 Å². The predicted octanol–water partition coefficient (Wildman–Crippen LogP) is 3.68. The van der Waals surface area contributed by atoms with E-state index in [0.717, 1.165) is 30.2 Å². The number of carbonyl (C=O) groups is 1. The standard InChI is InChI=1S/C18H26N2O2/c1-5-13-9-14(18(21)22)10-16-15(7-6-8-19)12(4)20(11(2)3)17(13)16/h9-11H,5-8,19H2,1-4H3,(H,21,22). The summed E-state index contributed by atoms with van der Waals surface area (Å²) >= 11 is 0. The van der Waals surface area contributed by atoms with Crippen molar-refractivity contribution in [2.75, 3.05) is 6.54 Å². The van der Waals surface area contributed by atoms with E-state index < -0.39 is 5.97 Å². The van der Waals surface area contributed by atoms with Gasteiger partial charge in [-0.1, -0.05) is 6.92 Å². The van der Waals surface area contributed by atoms with Crippen LogP contribution in [-0.4, -0.2) is 22.2 Å². The van der Waals surface area contributed by atoms with Gasteiger partial charge in [-0.15, -0.1) is 0 Å². The second-order valence-electron chi connectivity index (χ2n) is 6.11. The maximum atomic E-state index is 11.4. The van der Waals surface area contributed by atoms with Crippen LogP contribution in [-0.2, 0) is 12.8 Å². The van der Waals surface area contributed by atoms with E-state index in [0.29, 0.717) is 18.2 Å². The highest BCUT2D eigenvalue weighted by atomic mass is 16.4. The van der Waals surface area contributed by atoms with Crippen LogP contribution in [0.3, 0.4) is 0 Å². The molecule has 2 rings (SSSR count). The van der Waals surface area contributed by atoms with Gasteiger partial charge < -0.3 is 15.4 Å². The van der Waals surface area contributed by atoms with Crippen molar-refractivity contribution in [1.82, 2.24) is 4.57 Å². The van der Waals surface area contributed by atoms with E-state index in [1.807, 2.05) is 12.1 Å². The number of benzene rings is 1. The molecule has 3 N–H and O–H groups in total. The van der Waals surface area contributed by atoms with Gasteiger partial charge in [-0.3, -0.25) is 0 Å². The largest absolute Gasteiger partial charge is 0.478 e. The van der Waals surface area contributed by atoms with Crippen LogP contribution in [0.1, 0.15) is 60.4 Å². The molecule has 22 heavy (non-hydrogen) atoms. The van der Waals surface area contributed by atoms with Crippen molar-refractivity contribution in [3.8, 4) is 0 Å². The van der Waals surface area contributed by atoms with Gasteiger partial charge in [0.25, 0.3) is 0 Å². The van der Waals surface area contributed by atoms with Gasteiger partial charge in [0, 0.05) is 17.1 Å². The number of aromatic nitrogens is 1. The van der Waals surface area contributed by atoms with Crippen molar-refractivity contribution in [3.05, 3.63) is 34.5 Å². The van der Waals surface area contributed by atoms with Crippen LogP contribution in [0.4, 0.5) is 0 Å². The predicted molar refractivity (Wildman–Crippen MR) is 90.8 cm³/mol. The summed E-state index contributed by atoms with van der Waals surface area (Å²) in [6.07, 6.45) is 2.63. The molecule has 0 atom stereocenters. The third-order valence-corrected chi connectivity index (χ3v) is 4.33. The summed E-state index contributed by atoms with van der Waals surface area (Å²) in [5, 5.41) is 10.5. The molecule has 0 unspecified atom stereocenters. The Kier molecular flexibility index (Phi) is 4.91. The number of carboxylic acids is 1. The maximum Gasteiger partial charge on any atom is 0.335 e. The van der Waals surface area contributed by atoms with Gasteiger partial charge in [-0.05, 0) is 69.8 Å². The number of hydrogen-bond acceptors (Lipinski definition) is 2. The number of nitrogens with zero attached hydrogens (tertiary/aromatic N) is 1. The minimum Gasteiger partial charge on any atom is -0.478 e. The lowest BCUT2D eigenvalue weighted by Crippen LogP contribution is -2.06. The second kappa shape index (κ2) is 6.53. The molecule has 0 aliphatic rings. The molecular weight excluding hydrogens is 276 g/mol. The molecule has 1 aromatic heterocycles. The van der Waals surface area contributed by atoms with Crippen molar-refractivity contribution in [1.29, 1.82) is 0 Å². The fraction of sp³-hybridized carbons (Fsp3) is 0.500. The molecule has 1 aromatic carbocycles. The third kappa shape index (κ3) is 2.75. The third-order valence-electron chi connectivity index (χ3n) is 4.33. The minimum atomic E-state index is -0.865. The topological polar surface area (TPSA) is 68.2 Å². The first-order chi connectivity index (χ1) is 10.4. The Morgan fingerprint density at radius 3 is 2.55 bits per heavy atom. The van der Waals surface area contributed by atoms with E-state index in [1.54, 1.807) is 0 Å². The van der Waals surface area contributed by atoms with E-state index >= 15 is 0 Å². The second-order valence-corrected chi connectivity index (χ2v) is 6.11. The molecular formula is C18H26N2O2. The Morgan fingerprint density at radius 1 is 1.36 bits per heavy atom. The molecule has 4 nitrogen and oxygen atoms in total. The fourth-order valence-electron chi connectivity index (χ4n) is 3.35. The number of fused-ring (bicyclic) bond motifs is 1. The number of nitrogens with two attached hydrogens (primary N) is 1. The summed E-state index contributed by atoms with van der Waals surface area (Å²) in [7, 11) is 0. The number of aryl methyl sites for hydroxylation is 2. The first-order valence-corrected chi connectivity index (χ1v) is 8.02. The summed E-state index contributed by atoms with van der Waals surface area (Å²) in [6, 6.07) is 3.99. The Hall–Kier alpha value is -1.81. The van der Waals surface area contributed by atoms with Gasteiger partial charge in [-0.25, -0.2) is 4.79 Å². The number of carboxylic acid groups (broad SMARTS) is 1. The molecule has 0 radical (unpaired) electrons. The first kappa shape index (κ1) is 16.6. The van der Waals surface area contributed by atoms with Gasteiger partial charge in [0.1, 0.15) is 0 Å². The summed E-state index contributed by atoms with van der Waals surface area (Å²) in [5.41, 5.74) is 10.8. The van der Waals surface area contributed by atoms with Gasteiger partial charge in [0.15, 0.2) is 0 Å². The normalized spacial score (nSPS) is 11.5. The Morgan fingerprint density at radius 2 is 2.05 bits per heavy atom. The van der Waals surface area contributed by atoms with Crippen LogP contribution in [0.15, 0.2) is 12.1 Å². The quantitative estimate of drug-likeness (QED) is 0.855. The summed E-state index contributed by atoms with van der Waals surface area (Å²) < 4.78 is 2.34. The van der Waals surface area contributed by atoms with Crippen LogP contribution in [0, 0.1) is 6.92 Å². The van der Waals surface area contributed by atoms with E-state index in [2.05, 4.69) is 32.3 Å². The molecule has 0 saturated heterocycles. The van der Waals surface area contributed by atoms with Crippen LogP contribution < -0.4 is 5.73 Å². The summed E-state index contributed by atoms with van der Waals surface area (Å²) in [6.45, 7) is 9.19. The van der Waals surface area contributed by atoms with Crippen molar-refractivity contribution < 1.29 is 9.90 Å². The average Bonchev–Trinajstić information content (AvgIpc) is 2.75. The molecule has 2 aromatic rings. The Bertz CT molecular complexity index is 699. The highest BCUT2D eigenvalue weighted by Crippen LogP contribution is 2.33. The van der Waals surface area contributed by atoms with Crippen molar-refractivity contribution in [2.45, 2.75) is 53.0 Å². The van der Waals surface area contributed by atoms with E-state index in [4.69, 9.17) is 5.73 Å². The monoisotopic (exact) mass is 302 g/mol. The SMILES string of the molecule is CCc1cc(C(=O)O)cc2c(CCCN)c(C)n(C(C)C)c12. The Balaban J connectivity index is 2.84. The van der Waals surface area contributed by atoms with Gasteiger partial charge in [0.05, 0.1) is 11.1 Å². The smallest absolute Gasteiger partial charge is 0.335 e. The molecule has 0 saturated carbocycles. The number of hydrogen-bond donors (Lipinski definition) is 2. The van der Waals surface area contributed by atoms with Crippen molar-refractivity contribution in [3.63, 3.8) is 0 Å². The number of aromatic carboxylic acids is 1. The van der Waals surface area contributed by atoms with E-state index in [1.165, 1.54) is 16.8 Å². The van der Waals surface area contributed by atoms with Crippen molar-refractivity contribution in [2.24, 2.45) is 5.73 Å². The van der Waals surface area contributed by atoms with Crippen molar-refractivity contribution >= 4 is 16.9 Å². The molecule has 0 fully saturated rings. The number of rotatable bonds is 6. The zero-order valence-corrected chi connectivity index (χ0v) is 13.9. The molecule has 0 bridgehead atoms. The maximum absolute atomic E-state index is 11.4. The molecule has 4 heteroatoms. The minimum absolute atomic E-state index is 0.343. The summed E-state index contributed by atoms with van der Waals surface area (Å²) in [4.78, 5) is 11.4. The van der Waals surface area contributed by atoms with Crippen LogP contribution in [0.2, 0.25) is 0 Å². The van der Waals surface area contributed by atoms with Gasteiger partial charge in [-0.2, -0.15) is 0 Å². The molecule has 0 amide bonds. The van der Waals surface area contributed by atoms with Gasteiger partial charge in [0.2, 0.25) is 0 Å². The lowest BCUT2D eigenvalue weighted by Gasteiger charge is -2.15. The Labute approximate surface area is 131 Å². The zero-order valence-electron chi connectivity index (χ0n) is 13.9. The van der Waals surface area contributed by atoms with E-state index in [9.17, 15) is 9.90 Å². The van der Waals surface area contributed by atoms with Gasteiger partial charge >= 0.3 is 5.97 Å². The highest BCUT2D eigenvalue weighted by Gasteiger charge is 2.20. The molecule has 0 aliphatic heterocycles. The molecule has 0 spiro atoms. The highest BCUT2D eigenvalue weighted by molar-refractivity contribution is 5.97. The van der Waals surface area contributed by atoms with Crippen LogP contribution in [0.25, 0.3) is 10.9 Å². The average molecular weight is 302 g/mol. The lowest BCUT2D eigenvalue weighted by atomic mass is 10.00. The molecule has 1 heterocycles. The molecule has 0 aliphatic carbocycles. The van der Waals surface area contributed by atoms with E-state index in [-0.39, 0.29) is 0 Å². The lowest BCUT2D eigenvalue weighted by molar-refractivity contribution is 0.0697. The molecule has 120 valence electrons. The summed E-state index contributed by atoms with van der Waals surface area (Å²) in [5.74, 6) is -0.865. The van der Waals surface area contributed by atoms with Crippen LogP contribution in [0.5, 0.6) is 0 Å². The fourth-order valence-corrected chi connectivity index (χ4v) is 3.35. The first-order valence-electron chi connectivity index (χ1n) is 8.02.